The second-order valence-electron chi connectivity index (χ2n) is 7.46. The topological polar surface area (TPSA) is 50.7 Å². The Morgan fingerprint density at radius 2 is 1.87 bits per heavy atom. The summed E-state index contributed by atoms with van der Waals surface area (Å²) in [6.45, 7) is 4.10. The van der Waals surface area contributed by atoms with E-state index in [-0.39, 0.29) is 27.2 Å². The van der Waals surface area contributed by atoms with Crippen LogP contribution in [-0.4, -0.2) is 17.8 Å². The highest BCUT2D eigenvalue weighted by Crippen LogP contribution is 2.49. The van der Waals surface area contributed by atoms with Gasteiger partial charge >= 0.3 is 6.18 Å². The maximum Gasteiger partial charge on any atom is 0.435 e. The van der Waals surface area contributed by atoms with Crippen LogP contribution in [0.4, 0.5) is 13.2 Å². The molecule has 0 saturated carbocycles. The molecular weight excluding hydrogens is 452 g/mol. The Hall–Kier alpha value is -2.25. The molecule has 3 rings (SSSR count). The van der Waals surface area contributed by atoms with Crippen molar-refractivity contribution < 1.29 is 22.8 Å². The Bertz CT molecular complexity index is 1000. The molecule has 1 heterocycles. The standard InChI is InChI=1S/C22H21Cl2F3N2O2/c1-3-4-20(30)28-12-15-6-5-14(7-13(15)2)19-11-21(31-29-19,22(25,26)27)16-8-17(23)10-18(24)9-16/h5-10H,3-4,11-12H2,1-2H3,(H,28,30). The van der Waals surface area contributed by atoms with Crippen LogP contribution < -0.4 is 5.32 Å². The van der Waals surface area contributed by atoms with Gasteiger partial charge in [-0.2, -0.15) is 13.2 Å². The van der Waals surface area contributed by atoms with Gasteiger partial charge in [-0.15, -0.1) is 0 Å². The summed E-state index contributed by atoms with van der Waals surface area (Å²) in [5.41, 5.74) is -0.497. The zero-order chi connectivity index (χ0) is 22.8. The number of carbonyl (C=O) groups is 1. The van der Waals surface area contributed by atoms with E-state index in [2.05, 4.69) is 10.5 Å². The number of halogens is 5. The summed E-state index contributed by atoms with van der Waals surface area (Å²) >= 11 is 11.9. The largest absolute Gasteiger partial charge is 0.435 e. The highest BCUT2D eigenvalue weighted by molar-refractivity contribution is 6.34. The number of alkyl halides is 3. The summed E-state index contributed by atoms with van der Waals surface area (Å²) in [5, 5.41) is 6.75. The van der Waals surface area contributed by atoms with Gasteiger partial charge in [0.25, 0.3) is 5.60 Å². The molecule has 0 aromatic heterocycles. The van der Waals surface area contributed by atoms with Gasteiger partial charge < -0.3 is 10.2 Å². The third-order valence-electron chi connectivity index (χ3n) is 5.14. The molecule has 2 aromatic rings. The molecule has 9 heteroatoms. The first-order valence-electron chi connectivity index (χ1n) is 9.70. The third-order valence-corrected chi connectivity index (χ3v) is 5.58. The van der Waals surface area contributed by atoms with Gasteiger partial charge in [-0.1, -0.05) is 47.4 Å². The Balaban J connectivity index is 1.85. The van der Waals surface area contributed by atoms with Crippen LogP contribution in [0.15, 0.2) is 41.6 Å². The van der Waals surface area contributed by atoms with Gasteiger partial charge in [0.15, 0.2) is 0 Å². The van der Waals surface area contributed by atoms with Gasteiger partial charge in [-0.05, 0) is 54.3 Å². The van der Waals surface area contributed by atoms with Gasteiger partial charge in [0, 0.05) is 35.0 Å². The molecule has 1 amide bonds. The predicted molar refractivity (Wildman–Crippen MR) is 114 cm³/mol. The number of benzene rings is 2. The van der Waals surface area contributed by atoms with Crippen LogP contribution in [0, 0.1) is 6.92 Å². The zero-order valence-corrected chi connectivity index (χ0v) is 18.5. The van der Waals surface area contributed by atoms with E-state index in [1.807, 2.05) is 13.8 Å². The summed E-state index contributed by atoms with van der Waals surface area (Å²) in [5.74, 6) is -0.0466. The molecule has 0 spiro atoms. The number of nitrogens with one attached hydrogen (secondary N) is 1. The fourth-order valence-electron chi connectivity index (χ4n) is 3.43. The Labute approximate surface area is 188 Å². The lowest BCUT2D eigenvalue weighted by Crippen LogP contribution is -2.42. The Morgan fingerprint density at radius 1 is 1.19 bits per heavy atom. The molecule has 4 nitrogen and oxygen atoms in total. The molecule has 2 aromatic carbocycles. The molecule has 1 aliphatic rings. The van der Waals surface area contributed by atoms with E-state index < -0.39 is 18.2 Å². The molecule has 166 valence electrons. The Morgan fingerprint density at radius 3 is 2.45 bits per heavy atom. The van der Waals surface area contributed by atoms with Crippen molar-refractivity contribution in [3.63, 3.8) is 0 Å². The summed E-state index contributed by atoms with van der Waals surface area (Å²) in [6.07, 6.45) is -4.06. The van der Waals surface area contributed by atoms with Crippen molar-refractivity contribution in [1.82, 2.24) is 5.32 Å². The molecule has 0 aliphatic carbocycles. The third kappa shape index (κ3) is 4.99. The number of hydrogen-bond donors (Lipinski definition) is 1. The predicted octanol–water partition coefficient (Wildman–Crippen LogP) is 6.30. The van der Waals surface area contributed by atoms with Gasteiger partial charge in [0.1, 0.15) is 0 Å². The zero-order valence-electron chi connectivity index (χ0n) is 16.9. The lowest BCUT2D eigenvalue weighted by molar-refractivity contribution is -0.275. The van der Waals surface area contributed by atoms with Crippen molar-refractivity contribution in [3.05, 3.63) is 68.7 Å². The van der Waals surface area contributed by atoms with Crippen molar-refractivity contribution in [2.75, 3.05) is 0 Å². The molecule has 0 saturated heterocycles. The van der Waals surface area contributed by atoms with Gasteiger partial charge in [0.05, 0.1) is 5.71 Å². The van der Waals surface area contributed by atoms with Crippen LogP contribution in [0.5, 0.6) is 0 Å². The molecule has 0 bridgehead atoms. The number of nitrogens with zero attached hydrogens (tertiary/aromatic N) is 1. The van der Waals surface area contributed by atoms with Crippen molar-refractivity contribution in [2.45, 2.75) is 51.4 Å². The second kappa shape index (κ2) is 9.09. The number of aryl methyl sites for hydroxylation is 1. The van der Waals surface area contributed by atoms with Crippen LogP contribution in [0.3, 0.4) is 0 Å². The van der Waals surface area contributed by atoms with E-state index in [9.17, 15) is 18.0 Å². The van der Waals surface area contributed by atoms with E-state index in [1.54, 1.807) is 18.2 Å². The number of amides is 1. The van der Waals surface area contributed by atoms with Crippen LogP contribution in [0.25, 0.3) is 0 Å². The average Bonchev–Trinajstić information content (AvgIpc) is 3.13. The van der Waals surface area contributed by atoms with Crippen molar-refractivity contribution >= 4 is 34.8 Å². The smallest absolute Gasteiger partial charge is 0.374 e. The van der Waals surface area contributed by atoms with Crippen LogP contribution in [-0.2, 0) is 21.8 Å². The highest BCUT2D eigenvalue weighted by atomic mass is 35.5. The maximum atomic E-state index is 14.1. The molecule has 1 aliphatic heterocycles. The molecule has 0 fully saturated rings. The summed E-state index contributed by atoms with van der Waals surface area (Å²) < 4.78 is 42.3. The number of rotatable bonds is 6. The Kier molecular flexibility index (Phi) is 6.86. The van der Waals surface area contributed by atoms with Gasteiger partial charge in [-0.3, -0.25) is 4.79 Å². The molecular formula is C22H21Cl2F3N2O2. The van der Waals surface area contributed by atoms with Gasteiger partial charge in [0.2, 0.25) is 5.91 Å². The number of carbonyl (C=O) groups excluding carboxylic acids is 1. The molecule has 0 radical (unpaired) electrons. The van der Waals surface area contributed by atoms with E-state index in [0.29, 0.717) is 18.5 Å². The fraction of sp³-hybridized carbons (Fsp3) is 0.364. The quantitative estimate of drug-likeness (QED) is 0.536. The van der Waals surface area contributed by atoms with Gasteiger partial charge in [-0.25, -0.2) is 0 Å². The van der Waals surface area contributed by atoms with Crippen LogP contribution in [0.1, 0.15) is 48.4 Å². The van der Waals surface area contributed by atoms with E-state index in [4.69, 9.17) is 28.0 Å². The first kappa shape index (κ1) is 23.4. The van der Waals surface area contributed by atoms with Crippen LogP contribution >= 0.6 is 23.2 Å². The lowest BCUT2D eigenvalue weighted by Gasteiger charge is -2.29. The normalized spacial score (nSPS) is 18.5. The monoisotopic (exact) mass is 472 g/mol. The molecule has 1 N–H and O–H groups in total. The minimum absolute atomic E-state index is 0.0466. The fourth-order valence-corrected chi connectivity index (χ4v) is 3.95. The first-order valence-corrected chi connectivity index (χ1v) is 10.5. The van der Waals surface area contributed by atoms with Crippen molar-refractivity contribution in [2.24, 2.45) is 5.16 Å². The molecule has 1 unspecified atom stereocenters. The molecule has 31 heavy (non-hydrogen) atoms. The highest BCUT2D eigenvalue weighted by Gasteiger charge is 2.62. The number of hydrogen-bond acceptors (Lipinski definition) is 3. The average molecular weight is 473 g/mol. The van der Waals surface area contributed by atoms with Crippen molar-refractivity contribution in [1.29, 1.82) is 0 Å². The van der Waals surface area contributed by atoms with E-state index in [1.165, 1.54) is 18.2 Å². The van der Waals surface area contributed by atoms with E-state index >= 15 is 0 Å². The first-order chi connectivity index (χ1) is 14.6. The maximum absolute atomic E-state index is 14.1. The SMILES string of the molecule is CCCC(=O)NCc1ccc(C2=NOC(c3cc(Cl)cc(Cl)c3)(C(F)(F)F)C2)cc1C. The lowest BCUT2D eigenvalue weighted by atomic mass is 9.86. The summed E-state index contributed by atoms with van der Waals surface area (Å²) in [6, 6.07) is 8.91. The minimum atomic E-state index is -4.75. The van der Waals surface area contributed by atoms with Crippen LogP contribution in [0.2, 0.25) is 10.0 Å². The minimum Gasteiger partial charge on any atom is -0.374 e. The van der Waals surface area contributed by atoms with E-state index in [0.717, 1.165) is 17.5 Å². The summed E-state index contributed by atoms with van der Waals surface area (Å²) in [7, 11) is 0. The second-order valence-corrected chi connectivity index (χ2v) is 8.33. The molecule has 1 atom stereocenters. The van der Waals surface area contributed by atoms with Crippen molar-refractivity contribution in [3.8, 4) is 0 Å². The number of oxime groups is 1. The summed E-state index contributed by atoms with van der Waals surface area (Å²) in [4.78, 5) is 16.7.